The summed E-state index contributed by atoms with van der Waals surface area (Å²) in [6, 6.07) is 13.8. The number of hydrogen-bond acceptors (Lipinski definition) is 0. The molecule has 0 aliphatic heterocycles. The highest BCUT2D eigenvalue weighted by Gasteiger charge is 2.16. The number of benzene rings is 2. The fourth-order valence-electron chi connectivity index (χ4n) is 3.56. The lowest BCUT2D eigenvalue weighted by Gasteiger charge is -2.23. The van der Waals surface area contributed by atoms with Gasteiger partial charge < -0.3 is 0 Å². The highest BCUT2D eigenvalue weighted by atomic mass is 14.2. The normalized spacial score (nSPS) is 16.9. The Bertz CT molecular complexity index is 547. The Morgan fingerprint density at radius 1 is 1.00 bits per heavy atom. The maximum atomic E-state index is 2.50. The Hall–Kier alpha value is -1.30. The van der Waals surface area contributed by atoms with Gasteiger partial charge in [-0.2, -0.15) is 0 Å². The molecule has 0 spiro atoms. The zero-order valence-corrected chi connectivity index (χ0v) is 12.0. The van der Waals surface area contributed by atoms with Crippen molar-refractivity contribution in [2.75, 3.05) is 0 Å². The van der Waals surface area contributed by atoms with Gasteiger partial charge in [-0.3, -0.25) is 0 Å². The highest BCUT2D eigenvalue weighted by Crippen LogP contribution is 2.35. The van der Waals surface area contributed by atoms with Crippen LogP contribution < -0.4 is 0 Å². The monoisotopic (exact) mass is 252 g/mol. The molecule has 3 rings (SSSR count). The predicted octanol–water partition coefficient (Wildman–Crippen LogP) is 5.84. The summed E-state index contributed by atoms with van der Waals surface area (Å²) in [6.07, 6.45) is 9.50. The first kappa shape index (κ1) is 12.7. The van der Waals surface area contributed by atoms with Crippen molar-refractivity contribution in [2.24, 2.45) is 0 Å². The molecular formula is C19H24. The third-order valence-electron chi connectivity index (χ3n) is 4.57. The van der Waals surface area contributed by atoms with E-state index in [2.05, 4.69) is 43.3 Å². The first-order chi connectivity index (χ1) is 9.38. The first-order valence-electron chi connectivity index (χ1n) is 7.90. The molecule has 1 aliphatic carbocycles. The molecule has 0 nitrogen and oxygen atoms in total. The maximum Gasteiger partial charge on any atom is -0.0152 e. The van der Waals surface area contributed by atoms with E-state index < -0.39 is 0 Å². The third-order valence-corrected chi connectivity index (χ3v) is 4.57. The number of fused-ring (bicyclic) bond motifs is 1. The van der Waals surface area contributed by atoms with Gasteiger partial charge in [0.2, 0.25) is 0 Å². The Balaban J connectivity index is 2.04. The minimum absolute atomic E-state index is 0.814. The SMILES string of the molecule is CCCc1cc(C2CCCCC2)cc2ccccc12. The topological polar surface area (TPSA) is 0 Å². The second kappa shape index (κ2) is 5.77. The van der Waals surface area contributed by atoms with Crippen molar-refractivity contribution in [2.45, 2.75) is 57.8 Å². The van der Waals surface area contributed by atoms with Crippen LogP contribution in [-0.2, 0) is 6.42 Å². The molecule has 0 aromatic heterocycles. The Kier molecular flexibility index (Phi) is 3.87. The molecule has 1 saturated carbocycles. The lowest BCUT2D eigenvalue weighted by atomic mass is 9.82. The molecule has 0 amide bonds. The van der Waals surface area contributed by atoms with E-state index in [1.807, 2.05) is 0 Å². The van der Waals surface area contributed by atoms with Crippen LogP contribution in [0.15, 0.2) is 36.4 Å². The molecule has 0 atom stereocenters. The summed E-state index contributed by atoms with van der Waals surface area (Å²) < 4.78 is 0. The molecule has 1 aliphatic rings. The van der Waals surface area contributed by atoms with E-state index in [0.717, 1.165) is 5.92 Å². The van der Waals surface area contributed by atoms with E-state index in [4.69, 9.17) is 0 Å². The van der Waals surface area contributed by atoms with E-state index in [-0.39, 0.29) is 0 Å². The smallest absolute Gasteiger partial charge is 0.0152 e. The predicted molar refractivity (Wildman–Crippen MR) is 83.8 cm³/mol. The van der Waals surface area contributed by atoms with Crippen LogP contribution in [0, 0.1) is 0 Å². The second-order valence-electron chi connectivity index (χ2n) is 5.99. The average Bonchev–Trinajstić information content (AvgIpc) is 2.48. The van der Waals surface area contributed by atoms with Crippen molar-refractivity contribution in [3.05, 3.63) is 47.5 Å². The summed E-state index contributed by atoms with van der Waals surface area (Å²) in [5.41, 5.74) is 3.16. The van der Waals surface area contributed by atoms with Crippen LogP contribution in [0.1, 0.15) is 62.5 Å². The summed E-state index contributed by atoms with van der Waals surface area (Å²) in [7, 11) is 0. The molecule has 100 valence electrons. The van der Waals surface area contributed by atoms with Gasteiger partial charge in [0, 0.05) is 0 Å². The van der Waals surface area contributed by atoms with E-state index >= 15 is 0 Å². The van der Waals surface area contributed by atoms with Crippen LogP contribution in [-0.4, -0.2) is 0 Å². The van der Waals surface area contributed by atoms with Crippen molar-refractivity contribution < 1.29 is 0 Å². The average molecular weight is 252 g/mol. The summed E-state index contributed by atoms with van der Waals surface area (Å²) in [4.78, 5) is 0. The van der Waals surface area contributed by atoms with Crippen molar-refractivity contribution in [1.29, 1.82) is 0 Å². The summed E-state index contributed by atoms with van der Waals surface area (Å²) >= 11 is 0. The minimum Gasteiger partial charge on any atom is -0.0651 e. The zero-order valence-electron chi connectivity index (χ0n) is 12.0. The van der Waals surface area contributed by atoms with Gasteiger partial charge in [-0.25, -0.2) is 0 Å². The van der Waals surface area contributed by atoms with Gasteiger partial charge in [0.25, 0.3) is 0 Å². The lowest BCUT2D eigenvalue weighted by molar-refractivity contribution is 0.443. The van der Waals surface area contributed by atoms with E-state index in [9.17, 15) is 0 Å². The van der Waals surface area contributed by atoms with Gasteiger partial charge in [0.05, 0.1) is 0 Å². The Morgan fingerprint density at radius 3 is 2.58 bits per heavy atom. The Morgan fingerprint density at radius 2 is 1.79 bits per heavy atom. The van der Waals surface area contributed by atoms with Gasteiger partial charge in [-0.1, -0.05) is 69.0 Å². The molecule has 1 fully saturated rings. The zero-order chi connectivity index (χ0) is 13.1. The van der Waals surface area contributed by atoms with Crippen molar-refractivity contribution in [1.82, 2.24) is 0 Å². The summed E-state index contributed by atoms with van der Waals surface area (Å²) in [5, 5.41) is 2.90. The van der Waals surface area contributed by atoms with Crippen molar-refractivity contribution in [3.63, 3.8) is 0 Å². The molecule has 0 heteroatoms. The van der Waals surface area contributed by atoms with Gasteiger partial charge >= 0.3 is 0 Å². The van der Waals surface area contributed by atoms with Crippen LogP contribution >= 0.6 is 0 Å². The minimum atomic E-state index is 0.814. The molecule has 2 aromatic carbocycles. The first-order valence-corrected chi connectivity index (χ1v) is 7.90. The van der Waals surface area contributed by atoms with Gasteiger partial charge in [0.15, 0.2) is 0 Å². The van der Waals surface area contributed by atoms with Crippen molar-refractivity contribution in [3.8, 4) is 0 Å². The third kappa shape index (κ3) is 2.68. The maximum absolute atomic E-state index is 2.50. The van der Waals surface area contributed by atoms with Crippen LogP contribution in [0.3, 0.4) is 0 Å². The molecule has 0 radical (unpaired) electrons. The van der Waals surface area contributed by atoms with Gasteiger partial charge in [0.1, 0.15) is 0 Å². The van der Waals surface area contributed by atoms with Crippen LogP contribution in [0.5, 0.6) is 0 Å². The lowest BCUT2D eigenvalue weighted by Crippen LogP contribution is -2.05. The molecular weight excluding hydrogens is 228 g/mol. The van der Waals surface area contributed by atoms with Gasteiger partial charge in [-0.05, 0) is 47.1 Å². The van der Waals surface area contributed by atoms with Crippen molar-refractivity contribution >= 4 is 10.8 Å². The number of hydrogen-bond donors (Lipinski definition) is 0. The molecule has 0 saturated heterocycles. The van der Waals surface area contributed by atoms with Crippen LogP contribution in [0.4, 0.5) is 0 Å². The highest BCUT2D eigenvalue weighted by molar-refractivity contribution is 5.86. The van der Waals surface area contributed by atoms with Crippen LogP contribution in [0.25, 0.3) is 10.8 Å². The fourth-order valence-corrected chi connectivity index (χ4v) is 3.56. The molecule has 0 bridgehead atoms. The molecule has 2 aromatic rings. The van der Waals surface area contributed by atoms with E-state index in [1.165, 1.54) is 55.7 Å². The fraction of sp³-hybridized carbons (Fsp3) is 0.474. The number of rotatable bonds is 3. The second-order valence-corrected chi connectivity index (χ2v) is 5.99. The molecule has 0 heterocycles. The Labute approximate surface area is 116 Å². The quantitative estimate of drug-likeness (QED) is 0.643. The van der Waals surface area contributed by atoms with Gasteiger partial charge in [-0.15, -0.1) is 0 Å². The summed E-state index contributed by atoms with van der Waals surface area (Å²) in [5.74, 6) is 0.814. The van der Waals surface area contributed by atoms with E-state index in [1.54, 1.807) is 11.1 Å². The van der Waals surface area contributed by atoms with Crippen LogP contribution in [0.2, 0.25) is 0 Å². The summed E-state index contributed by atoms with van der Waals surface area (Å²) in [6.45, 7) is 2.28. The number of aryl methyl sites for hydroxylation is 1. The molecule has 0 unspecified atom stereocenters. The molecule has 19 heavy (non-hydrogen) atoms. The molecule has 0 N–H and O–H groups in total. The standard InChI is InChI=1S/C19H24/c1-2-8-16-13-18(15-9-4-3-5-10-15)14-17-11-6-7-12-19(16)17/h6-7,11-15H,2-5,8-10H2,1H3. The largest absolute Gasteiger partial charge is 0.0651 e. The van der Waals surface area contributed by atoms with E-state index in [0.29, 0.717) is 0 Å².